The monoisotopic (exact) mass is 651 g/mol. The Balaban J connectivity index is 1.43. The minimum atomic E-state index is -0.983. The highest BCUT2D eigenvalue weighted by Crippen LogP contribution is 2.75. The number of rotatable bonds is 3. The number of fused-ring (bicyclic) bond motifs is 7. The Morgan fingerprint density at radius 2 is 1.67 bits per heavy atom. The molecule has 1 amide bonds. The molecular weight excluding hydrogens is 602 g/mol. The molecule has 0 aliphatic heterocycles. The Morgan fingerprint density at radius 1 is 0.953 bits per heavy atom. The van der Waals surface area contributed by atoms with E-state index in [0.717, 1.165) is 30.2 Å². The first-order valence-electron chi connectivity index (χ1n) is 16.6. The van der Waals surface area contributed by atoms with Crippen molar-refractivity contribution in [3.05, 3.63) is 40.4 Å². The molecule has 5 nitrogen and oxygen atoms in total. The van der Waals surface area contributed by atoms with Gasteiger partial charge >= 0.3 is 5.97 Å². The van der Waals surface area contributed by atoms with Crippen LogP contribution in [0.4, 0.5) is 5.69 Å². The molecule has 0 aromatic heterocycles. The molecule has 3 unspecified atom stereocenters. The summed E-state index contributed by atoms with van der Waals surface area (Å²) in [5.74, 6) is 0.535. The maximum atomic E-state index is 14.7. The summed E-state index contributed by atoms with van der Waals surface area (Å²) < 4.78 is 6.76. The number of hydrogen-bond acceptors (Lipinski definition) is 4. The van der Waals surface area contributed by atoms with Crippen molar-refractivity contribution in [3.63, 3.8) is 0 Å². The molecule has 0 heterocycles. The van der Waals surface area contributed by atoms with Gasteiger partial charge in [0.25, 0.3) is 0 Å². The second-order valence-electron chi connectivity index (χ2n) is 16.1. The predicted octanol–water partition coefficient (Wildman–Crippen LogP) is 8.91. The van der Waals surface area contributed by atoms with Gasteiger partial charge in [0.2, 0.25) is 5.91 Å². The van der Waals surface area contributed by atoms with Crippen LogP contribution >= 0.6 is 15.9 Å². The number of carbonyl (C=O) groups is 3. The third-order valence-electron chi connectivity index (χ3n) is 14.0. The SMILES string of the molecule is CC(=O)O[C@@H]1CC[C@@]2(C)C(CC[C@]3(C)C2C(=O)C=C2C4[C@@H](C)CCC[C@]4(C)CC[C@]23C)[C@@]1(C)C(=O)Nc1ccccc1Br. The van der Waals surface area contributed by atoms with E-state index in [0.29, 0.717) is 23.9 Å². The van der Waals surface area contributed by atoms with E-state index in [2.05, 4.69) is 61.9 Å². The number of allylic oxidation sites excluding steroid dienone is 2. The van der Waals surface area contributed by atoms with Crippen molar-refractivity contribution < 1.29 is 19.1 Å². The highest BCUT2D eigenvalue weighted by Gasteiger charge is 2.72. The van der Waals surface area contributed by atoms with Crippen molar-refractivity contribution in [3.8, 4) is 0 Å². The molecule has 1 N–H and O–H groups in total. The van der Waals surface area contributed by atoms with Gasteiger partial charge in [-0.1, -0.05) is 65.2 Å². The van der Waals surface area contributed by atoms with E-state index in [-0.39, 0.29) is 45.7 Å². The number of hydrogen-bond donors (Lipinski definition) is 1. The second kappa shape index (κ2) is 10.3. The Hall–Kier alpha value is -1.95. The van der Waals surface area contributed by atoms with E-state index in [1.165, 1.54) is 38.2 Å². The fraction of sp³-hybridized carbons (Fsp3) is 0.703. The summed E-state index contributed by atoms with van der Waals surface area (Å²) in [4.78, 5) is 41.5. The molecule has 0 radical (unpaired) electrons. The van der Waals surface area contributed by atoms with E-state index >= 15 is 0 Å². The fourth-order valence-electron chi connectivity index (χ4n) is 11.8. The van der Waals surface area contributed by atoms with Crippen LogP contribution in [0.15, 0.2) is 40.4 Å². The molecule has 43 heavy (non-hydrogen) atoms. The molecule has 234 valence electrons. The Labute approximate surface area is 266 Å². The quantitative estimate of drug-likeness (QED) is 0.331. The van der Waals surface area contributed by atoms with E-state index in [1.54, 1.807) is 0 Å². The molecule has 0 saturated heterocycles. The summed E-state index contributed by atoms with van der Waals surface area (Å²) in [5, 5.41) is 3.19. The molecule has 0 bridgehead atoms. The van der Waals surface area contributed by atoms with Crippen LogP contribution in [0.25, 0.3) is 0 Å². The summed E-state index contributed by atoms with van der Waals surface area (Å²) in [6, 6.07) is 7.61. The molecule has 6 heteroatoms. The highest BCUT2D eigenvalue weighted by molar-refractivity contribution is 9.10. The van der Waals surface area contributed by atoms with Crippen molar-refractivity contribution in [2.24, 2.45) is 50.7 Å². The molecule has 1 aromatic carbocycles. The molecule has 10 atom stereocenters. The zero-order chi connectivity index (χ0) is 31.2. The maximum Gasteiger partial charge on any atom is 0.302 e. The number of carbonyl (C=O) groups excluding carboxylic acids is 3. The van der Waals surface area contributed by atoms with Gasteiger partial charge in [0, 0.05) is 17.3 Å². The second-order valence-corrected chi connectivity index (χ2v) is 17.0. The lowest BCUT2D eigenvalue weighted by Gasteiger charge is -2.70. The van der Waals surface area contributed by atoms with Gasteiger partial charge in [-0.2, -0.15) is 0 Å². The van der Waals surface area contributed by atoms with Crippen molar-refractivity contribution in [2.75, 3.05) is 5.32 Å². The molecule has 5 aliphatic rings. The van der Waals surface area contributed by atoms with Crippen molar-refractivity contribution in [1.29, 1.82) is 0 Å². The summed E-state index contributed by atoms with van der Waals surface area (Å²) in [6.07, 6.45) is 10.7. The summed E-state index contributed by atoms with van der Waals surface area (Å²) >= 11 is 3.58. The largest absolute Gasteiger partial charge is 0.461 e. The van der Waals surface area contributed by atoms with Crippen molar-refractivity contribution in [1.82, 2.24) is 0 Å². The van der Waals surface area contributed by atoms with Crippen molar-refractivity contribution >= 4 is 39.3 Å². The molecular formula is C37H50BrNO4. The standard InChI is InChI=1S/C37H50BrNO4/c1-22-11-10-16-33(3)19-20-35(5)24(30(22)33)21-27(41)31-34(4)17-15-29(43-23(2)40)37(7,28(34)14-18-36(31,35)6)32(42)39-26-13-9-8-12-25(26)38/h8-9,12-13,21-22,28-31H,10-11,14-20H2,1-7H3,(H,39,42)/t22-,28?,29+,30?,31?,33+,34-,35+,36+,37+/m0/s1. The average Bonchev–Trinajstić information content (AvgIpc) is 2.92. The zero-order valence-corrected chi connectivity index (χ0v) is 28.7. The number of ketones is 1. The van der Waals surface area contributed by atoms with Crippen LogP contribution in [0.1, 0.15) is 106 Å². The summed E-state index contributed by atoms with van der Waals surface area (Å²) in [5.41, 5.74) is 0.791. The first-order chi connectivity index (χ1) is 20.1. The van der Waals surface area contributed by atoms with Crippen molar-refractivity contribution in [2.45, 2.75) is 112 Å². The van der Waals surface area contributed by atoms with Gasteiger partial charge < -0.3 is 10.1 Å². The minimum Gasteiger partial charge on any atom is -0.461 e. The number of halogens is 1. The van der Waals surface area contributed by atoms with Gasteiger partial charge in [-0.05, 0) is 125 Å². The van der Waals surface area contributed by atoms with Crippen LogP contribution < -0.4 is 5.32 Å². The topological polar surface area (TPSA) is 72.5 Å². The molecule has 6 rings (SSSR count). The smallest absolute Gasteiger partial charge is 0.302 e. The Bertz CT molecular complexity index is 1390. The van der Waals surface area contributed by atoms with Gasteiger partial charge in [-0.25, -0.2) is 0 Å². The van der Waals surface area contributed by atoms with Crippen LogP contribution in [0, 0.1) is 50.7 Å². The van der Waals surface area contributed by atoms with E-state index < -0.39 is 16.9 Å². The Kier molecular flexibility index (Phi) is 7.43. The predicted molar refractivity (Wildman–Crippen MR) is 173 cm³/mol. The first kappa shape index (κ1) is 31.0. The molecule has 1 aromatic rings. The molecule has 4 saturated carbocycles. The zero-order valence-electron chi connectivity index (χ0n) is 27.1. The van der Waals surface area contributed by atoms with Crippen LogP contribution in [0.2, 0.25) is 0 Å². The normalized spacial score (nSPS) is 45.4. The Morgan fingerprint density at radius 3 is 2.37 bits per heavy atom. The van der Waals surface area contributed by atoms with Crippen LogP contribution in [-0.4, -0.2) is 23.8 Å². The van der Waals surface area contributed by atoms with Crippen LogP contribution in [0.5, 0.6) is 0 Å². The van der Waals surface area contributed by atoms with Gasteiger partial charge in [0.05, 0.1) is 11.1 Å². The number of anilines is 1. The lowest BCUT2D eigenvalue weighted by molar-refractivity contribution is -0.212. The van der Waals surface area contributed by atoms with Gasteiger partial charge in [0.15, 0.2) is 5.78 Å². The third kappa shape index (κ3) is 4.31. The number of amides is 1. The lowest BCUT2D eigenvalue weighted by atomic mass is 9.33. The first-order valence-corrected chi connectivity index (χ1v) is 17.4. The number of nitrogens with one attached hydrogen (secondary N) is 1. The lowest BCUT2D eigenvalue weighted by Crippen LogP contribution is -2.68. The number of ether oxygens (including phenoxy) is 1. The fourth-order valence-corrected chi connectivity index (χ4v) is 12.2. The average molecular weight is 653 g/mol. The number of para-hydroxylation sites is 1. The van der Waals surface area contributed by atoms with Crippen LogP contribution in [0.3, 0.4) is 0 Å². The van der Waals surface area contributed by atoms with E-state index in [9.17, 15) is 14.4 Å². The minimum absolute atomic E-state index is 0.0460. The molecule has 5 aliphatic carbocycles. The van der Waals surface area contributed by atoms with Gasteiger partial charge in [-0.15, -0.1) is 0 Å². The van der Waals surface area contributed by atoms with Crippen LogP contribution in [-0.2, 0) is 19.1 Å². The summed E-state index contributed by atoms with van der Waals surface area (Å²) in [7, 11) is 0. The number of esters is 1. The highest BCUT2D eigenvalue weighted by atomic mass is 79.9. The molecule has 0 spiro atoms. The maximum absolute atomic E-state index is 14.7. The third-order valence-corrected chi connectivity index (χ3v) is 14.7. The van der Waals surface area contributed by atoms with Gasteiger partial charge in [0.1, 0.15) is 6.10 Å². The summed E-state index contributed by atoms with van der Waals surface area (Å²) in [6.45, 7) is 15.5. The van der Waals surface area contributed by atoms with E-state index in [4.69, 9.17) is 4.74 Å². The molecule has 4 fully saturated rings. The van der Waals surface area contributed by atoms with E-state index in [1.807, 2.05) is 31.2 Å². The number of benzene rings is 1. The van der Waals surface area contributed by atoms with Gasteiger partial charge in [-0.3, -0.25) is 14.4 Å².